The molecule has 0 spiro atoms. The molecule has 124 valence electrons. The SMILES string of the molecule is COC(=O)[C@@]12COC[C@@H]1CN(C(=O)Cc1ccccc1OC)C2. The fraction of sp³-hybridized carbons (Fsp3) is 0.529. The first-order chi connectivity index (χ1) is 11.1. The number of benzene rings is 1. The summed E-state index contributed by atoms with van der Waals surface area (Å²) in [4.78, 5) is 26.6. The Morgan fingerprint density at radius 3 is 2.87 bits per heavy atom. The molecule has 0 bridgehead atoms. The molecule has 6 nitrogen and oxygen atoms in total. The molecule has 0 aromatic heterocycles. The van der Waals surface area contributed by atoms with Crippen LogP contribution in [0.3, 0.4) is 0 Å². The number of methoxy groups -OCH3 is 2. The van der Waals surface area contributed by atoms with Gasteiger partial charge in [-0.3, -0.25) is 9.59 Å². The van der Waals surface area contributed by atoms with Gasteiger partial charge < -0.3 is 19.1 Å². The number of nitrogens with zero attached hydrogens (tertiary/aromatic N) is 1. The Morgan fingerprint density at radius 2 is 2.13 bits per heavy atom. The number of amides is 1. The van der Waals surface area contributed by atoms with E-state index in [2.05, 4.69) is 0 Å². The molecule has 1 aromatic carbocycles. The maximum absolute atomic E-state index is 12.6. The molecule has 6 heteroatoms. The van der Waals surface area contributed by atoms with Crippen LogP contribution < -0.4 is 4.74 Å². The van der Waals surface area contributed by atoms with Crippen LogP contribution in [0.25, 0.3) is 0 Å². The number of rotatable bonds is 4. The van der Waals surface area contributed by atoms with Crippen molar-refractivity contribution in [2.24, 2.45) is 11.3 Å². The first kappa shape index (κ1) is 15.8. The van der Waals surface area contributed by atoms with Crippen molar-refractivity contribution in [2.75, 3.05) is 40.5 Å². The summed E-state index contributed by atoms with van der Waals surface area (Å²) in [5.41, 5.74) is 0.144. The third kappa shape index (κ3) is 2.67. The number of hydrogen-bond acceptors (Lipinski definition) is 5. The van der Waals surface area contributed by atoms with Crippen LogP contribution in [-0.4, -0.2) is 57.3 Å². The summed E-state index contributed by atoms with van der Waals surface area (Å²) in [5.74, 6) is 0.419. The van der Waals surface area contributed by atoms with Crippen molar-refractivity contribution >= 4 is 11.9 Å². The van der Waals surface area contributed by atoms with E-state index >= 15 is 0 Å². The number of ether oxygens (including phenoxy) is 3. The fourth-order valence-corrected chi connectivity index (χ4v) is 3.54. The van der Waals surface area contributed by atoms with Crippen molar-refractivity contribution in [3.8, 4) is 5.75 Å². The van der Waals surface area contributed by atoms with Gasteiger partial charge in [-0.1, -0.05) is 18.2 Å². The smallest absolute Gasteiger partial charge is 0.316 e. The predicted molar refractivity (Wildman–Crippen MR) is 82.0 cm³/mol. The summed E-state index contributed by atoms with van der Waals surface area (Å²) in [6.07, 6.45) is 0.259. The highest BCUT2D eigenvalue weighted by Gasteiger charge is 2.57. The first-order valence-electron chi connectivity index (χ1n) is 7.66. The quantitative estimate of drug-likeness (QED) is 0.771. The van der Waals surface area contributed by atoms with Gasteiger partial charge in [0.25, 0.3) is 0 Å². The molecule has 2 aliphatic rings. The zero-order chi connectivity index (χ0) is 16.4. The molecule has 3 rings (SSSR count). The molecule has 1 amide bonds. The van der Waals surface area contributed by atoms with Gasteiger partial charge in [-0.25, -0.2) is 0 Å². The van der Waals surface area contributed by atoms with Gasteiger partial charge in [-0.15, -0.1) is 0 Å². The van der Waals surface area contributed by atoms with Gasteiger partial charge in [-0.2, -0.15) is 0 Å². The average molecular weight is 319 g/mol. The third-order valence-corrected chi connectivity index (χ3v) is 4.85. The number of esters is 1. The Bertz CT molecular complexity index is 617. The maximum atomic E-state index is 12.6. The van der Waals surface area contributed by atoms with Crippen LogP contribution >= 0.6 is 0 Å². The van der Waals surface area contributed by atoms with Gasteiger partial charge in [0, 0.05) is 24.6 Å². The van der Waals surface area contributed by atoms with Gasteiger partial charge in [0.15, 0.2) is 0 Å². The van der Waals surface area contributed by atoms with Crippen LogP contribution in [-0.2, 0) is 25.5 Å². The molecule has 2 fully saturated rings. The van der Waals surface area contributed by atoms with Gasteiger partial charge in [0.05, 0.1) is 33.9 Å². The summed E-state index contributed by atoms with van der Waals surface area (Å²) in [7, 11) is 2.97. The molecular weight excluding hydrogens is 298 g/mol. The number of hydrogen-bond donors (Lipinski definition) is 0. The van der Waals surface area contributed by atoms with E-state index < -0.39 is 5.41 Å². The number of carbonyl (C=O) groups excluding carboxylic acids is 2. The first-order valence-corrected chi connectivity index (χ1v) is 7.66. The minimum atomic E-state index is -0.703. The van der Waals surface area contributed by atoms with Crippen molar-refractivity contribution in [2.45, 2.75) is 6.42 Å². The molecular formula is C17H21NO5. The number of carbonyl (C=O) groups is 2. The van der Waals surface area contributed by atoms with Gasteiger partial charge in [-0.05, 0) is 6.07 Å². The Morgan fingerprint density at radius 1 is 1.35 bits per heavy atom. The standard InChI is InChI=1S/C17H21NO5/c1-21-14-6-4-3-5-12(14)7-15(19)18-8-13-9-23-11-17(13,10-18)16(20)22-2/h3-6,13H,7-11H2,1-2H3/t13-,17-/m0/s1. The highest BCUT2D eigenvalue weighted by atomic mass is 16.5. The lowest BCUT2D eigenvalue weighted by atomic mass is 9.81. The van der Waals surface area contributed by atoms with Crippen LogP contribution in [0, 0.1) is 11.3 Å². The molecule has 2 atom stereocenters. The molecule has 0 aliphatic carbocycles. The lowest BCUT2D eigenvalue weighted by Gasteiger charge is -2.24. The Hall–Kier alpha value is -2.08. The molecule has 1 aromatic rings. The van der Waals surface area contributed by atoms with Crippen molar-refractivity contribution in [3.63, 3.8) is 0 Å². The van der Waals surface area contributed by atoms with E-state index in [4.69, 9.17) is 14.2 Å². The van der Waals surface area contributed by atoms with Crippen LogP contribution in [0.15, 0.2) is 24.3 Å². The predicted octanol–water partition coefficient (Wildman–Crippen LogP) is 0.886. The maximum Gasteiger partial charge on any atom is 0.316 e. The van der Waals surface area contributed by atoms with Crippen molar-refractivity contribution < 1.29 is 23.8 Å². The van der Waals surface area contributed by atoms with E-state index in [-0.39, 0.29) is 24.2 Å². The van der Waals surface area contributed by atoms with Crippen LogP contribution in [0.2, 0.25) is 0 Å². The van der Waals surface area contributed by atoms with Crippen molar-refractivity contribution in [3.05, 3.63) is 29.8 Å². The molecule has 2 saturated heterocycles. The highest BCUT2D eigenvalue weighted by Crippen LogP contribution is 2.42. The van der Waals surface area contributed by atoms with E-state index in [1.54, 1.807) is 12.0 Å². The normalized spacial score (nSPS) is 26.0. The molecule has 0 saturated carbocycles. The second-order valence-corrected chi connectivity index (χ2v) is 6.12. The second kappa shape index (κ2) is 6.20. The van der Waals surface area contributed by atoms with Crippen LogP contribution in [0.5, 0.6) is 5.75 Å². The number of para-hydroxylation sites is 1. The molecule has 23 heavy (non-hydrogen) atoms. The molecule has 0 unspecified atom stereocenters. The fourth-order valence-electron chi connectivity index (χ4n) is 3.54. The Kier molecular flexibility index (Phi) is 4.26. The van der Waals surface area contributed by atoms with E-state index in [1.165, 1.54) is 7.11 Å². The van der Waals surface area contributed by atoms with Gasteiger partial charge in [0.2, 0.25) is 5.91 Å². The largest absolute Gasteiger partial charge is 0.496 e. The summed E-state index contributed by atoms with van der Waals surface area (Å²) in [5, 5.41) is 0. The highest BCUT2D eigenvalue weighted by molar-refractivity contribution is 5.84. The van der Waals surface area contributed by atoms with Crippen molar-refractivity contribution in [1.82, 2.24) is 4.90 Å². The topological polar surface area (TPSA) is 65.1 Å². The molecule has 0 N–H and O–H groups in total. The second-order valence-electron chi connectivity index (χ2n) is 6.12. The van der Waals surface area contributed by atoms with Crippen LogP contribution in [0.1, 0.15) is 5.56 Å². The lowest BCUT2D eigenvalue weighted by Crippen LogP contribution is -2.41. The van der Waals surface area contributed by atoms with E-state index in [9.17, 15) is 9.59 Å². The van der Waals surface area contributed by atoms with Gasteiger partial charge in [0.1, 0.15) is 11.2 Å². The Balaban J connectivity index is 1.74. The summed E-state index contributed by atoms with van der Waals surface area (Å²) < 4.78 is 15.7. The van der Waals surface area contributed by atoms with E-state index in [0.29, 0.717) is 32.1 Å². The lowest BCUT2D eigenvalue weighted by molar-refractivity contribution is -0.153. The minimum absolute atomic E-state index is 0.00724. The summed E-state index contributed by atoms with van der Waals surface area (Å²) in [6.45, 7) is 1.71. The van der Waals surface area contributed by atoms with Crippen molar-refractivity contribution in [1.29, 1.82) is 0 Å². The summed E-state index contributed by atoms with van der Waals surface area (Å²) >= 11 is 0. The number of likely N-dealkylation sites (tertiary alicyclic amines) is 1. The summed E-state index contributed by atoms with van der Waals surface area (Å²) in [6, 6.07) is 7.47. The molecule has 0 radical (unpaired) electrons. The zero-order valence-corrected chi connectivity index (χ0v) is 13.4. The minimum Gasteiger partial charge on any atom is -0.496 e. The third-order valence-electron chi connectivity index (χ3n) is 4.85. The van der Waals surface area contributed by atoms with Crippen LogP contribution in [0.4, 0.5) is 0 Å². The Labute approximate surface area is 135 Å². The molecule has 2 heterocycles. The average Bonchev–Trinajstić information content (AvgIpc) is 3.12. The monoisotopic (exact) mass is 319 g/mol. The number of fused-ring (bicyclic) bond motifs is 1. The van der Waals surface area contributed by atoms with E-state index in [0.717, 1.165) is 5.56 Å². The molecule has 2 aliphatic heterocycles. The zero-order valence-electron chi connectivity index (χ0n) is 13.4. The van der Waals surface area contributed by atoms with E-state index in [1.807, 2.05) is 24.3 Å². The van der Waals surface area contributed by atoms with Gasteiger partial charge >= 0.3 is 5.97 Å².